The standard InChI is InChI=1S/C19H15F4N3O3S/c1-29-30-14-8-13(10-2-7-15(24-9-10)19(21,22)23)26-18(28)16(14)17(27)25-12-5-3-11(20)4-6-12/h2-7,9,13H,8H2,1H3,(H,25,27)(H,26,28). The molecule has 2 aromatic rings. The van der Waals surface area contributed by atoms with Gasteiger partial charge in [0, 0.05) is 35.3 Å². The Hall–Kier alpha value is -2.92. The van der Waals surface area contributed by atoms with E-state index in [0.29, 0.717) is 10.5 Å². The first-order valence-corrected chi connectivity index (χ1v) is 9.28. The van der Waals surface area contributed by atoms with Crippen molar-refractivity contribution in [3.63, 3.8) is 0 Å². The van der Waals surface area contributed by atoms with Crippen LogP contribution in [-0.4, -0.2) is 23.9 Å². The summed E-state index contributed by atoms with van der Waals surface area (Å²) in [5, 5.41) is 5.10. The zero-order chi connectivity index (χ0) is 21.9. The van der Waals surface area contributed by atoms with Crippen LogP contribution < -0.4 is 10.6 Å². The number of halogens is 4. The smallest absolute Gasteiger partial charge is 0.345 e. The molecule has 6 nitrogen and oxygen atoms in total. The number of alkyl halides is 3. The van der Waals surface area contributed by atoms with Crippen molar-refractivity contribution in [1.82, 2.24) is 10.3 Å². The molecule has 1 aromatic carbocycles. The van der Waals surface area contributed by atoms with Gasteiger partial charge < -0.3 is 14.8 Å². The lowest BCUT2D eigenvalue weighted by Gasteiger charge is -2.27. The second-order valence-corrected chi connectivity index (χ2v) is 7.21. The maximum absolute atomic E-state index is 13.0. The summed E-state index contributed by atoms with van der Waals surface area (Å²) < 4.78 is 56.1. The van der Waals surface area contributed by atoms with E-state index in [4.69, 9.17) is 4.18 Å². The number of anilines is 1. The second-order valence-electron chi connectivity index (χ2n) is 6.21. The van der Waals surface area contributed by atoms with Gasteiger partial charge in [0.05, 0.1) is 13.2 Å². The number of amides is 2. The van der Waals surface area contributed by atoms with Gasteiger partial charge in [0.2, 0.25) is 0 Å². The van der Waals surface area contributed by atoms with Crippen LogP contribution in [0.5, 0.6) is 0 Å². The van der Waals surface area contributed by atoms with Crippen LogP contribution in [0.1, 0.15) is 23.7 Å². The number of carbonyl (C=O) groups excluding carboxylic acids is 2. The SMILES string of the molecule is COSC1=C(C(=O)Nc2ccc(F)cc2)C(=O)NC(c2ccc(C(F)(F)F)nc2)C1. The van der Waals surface area contributed by atoms with Crippen LogP contribution in [0.25, 0.3) is 0 Å². The van der Waals surface area contributed by atoms with Gasteiger partial charge in [-0.25, -0.2) is 4.39 Å². The molecule has 30 heavy (non-hydrogen) atoms. The predicted octanol–water partition coefficient (Wildman–Crippen LogP) is 3.99. The first-order valence-electron chi connectivity index (χ1n) is 8.53. The first kappa shape index (κ1) is 21.8. The Kier molecular flexibility index (Phi) is 6.42. The van der Waals surface area contributed by atoms with Crippen LogP contribution in [0.15, 0.2) is 53.1 Å². The van der Waals surface area contributed by atoms with Gasteiger partial charge in [0.15, 0.2) is 0 Å². The van der Waals surface area contributed by atoms with Crippen LogP contribution in [0.3, 0.4) is 0 Å². The third kappa shape index (κ3) is 4.97. The first-order chi connectivity index (χ1) is 14.2. The van der Waals surface area contributed by atoms with E-state index in [-0.39, 0.29) is 17.7 Å². The summed E-state index contributed by atoms with van der Waals surface area (Å²) in [6.45, 7) is 0. The predicted molar refractivity (Wildman–Crippen MR) is 101 cm³/mol. The van der Waals surface area contributed by atoms with Crippen LogP contribution in [-0.2, 0) is 19.9 Å². The molecule has 0 spiro atoms. The Morgan fingerprint density at radius 2 is 1.93 bits per heavy atom. The topological polar surface area (TPSA) is 80.3 Å². The number of nitrogens with one attached hydrogen (secondary N) is 2. The van der Waals surface area contributed by atoms with Crippen LogP contribution in [0, 0.1) is 5.82 Å². The highest BCUT2D eigenvalue weighted by Crippen LogP contribution is 2.36. The van der Waals surface area contributed by atoms with Crippen molar-refractivity contribution < 1.29 is 31.3 Å². The van der Waals surface area contributed by atoms with Crippen molar-refractivity contribution in [1.29, 1.82) is 0 Å². The molecular formula is C19H15F4N3O3S. The summed E-state index contributed by atoms with van der Waals surface area (Å²) in [7, 11) is 1.36. The van der Waals surface area contributed by atoms with Gasteiger partial charge in [-0.05, 0) is 35.9 Å². The molecule has 0 fully saturated rings. The summed E-state index contributed by atoms with van der Waals surface area (Å²) in [6, 6.07) is 6.35. The molecule has 0 bridgehead atoms. The fourth-order valence-corrected chi connectivity index (χ4v) is 3.51. The van der Waals surface area contributed by atoms with Crippen molar-refractivity contribution in [2.45, 2.75) is 18.6 Å². The summed E-state index contributed by atoms with van der Waals surface area (Å²) in [6.07, 6.45) is -3.42. The number of nitrogens with zero attached hydrogens (tertiary/aromatic N) is 1. The van der Waals surface area contributed by atoms with E-state index in [1.54, 1.807) is 0 Å². The zero-order valence-corrected chi connectivity index (χ0v) is 16.2. The average Bonchev–Trinajstić information content (AvgIpc) is 2.69. The maximum Gasteiger partial charge on any atom is 0.433 e. The molecule has 0 saturated heterocycles. The molecule has 3 rings (SSSR count). The lowest BCUT2D eigenvalue weighted by molar-refractivity contribution is -0.141. The Labute approximate surface area is 172 Å². The van der Waals surface area contributed by atoms with E-state index in [1.807, 2.05) is 0 Å². The lowest BCUT2D eigenvalue weighted by atomic mass is 9.98. The molecule has 2 heterocycles. The van der Waals surface area contributed by atoms with Gasteiger partial charge >= 0.3 is 6.18 Å². The van der Waals surface area contributed by atoms with Crippen molar-refractivity contribution in [3.8, 4) is 0 Å². The van der Waals surface area contributed by atoms with E-state index in [0.717, 1.165) is 36.4 Å². The van der Waals surface area contributed by atoms with Crippen molar-refractivity contribution >= 4 is 29.5 Å². The highest BCUT2D eigenvalue weighted by atomic mass is 32.2. The van der Waals surface area contributed by atoms with E-state index < -0.39 is 35.5 Å². The number of hydrogen-bond acceptors (Lipinski definition) is 5. The minimum absolute atomic E-state index is 0.115. The van der Waals surface area contributed by atoms with E-state index in [1.165, 1.54) is 25.3 Å². The van der Waals surface area contributed by atoms with E-state index >= 15 is 0 Å². The fraction of sp³-hybridized carbons (Fsp3) is 0.211. The van der Waals surface area contributed by atoms with Gasteiger partial charge in [0.1, 0.15) is 17.1 Å². The molecule has 0 aliphatic carbocycles. The number of benzene rings is 1. The molecule has 11 heteroatoms. The summed E-state index contributed by atoms with van der Waals surface area (Å²) >= 11 is 0.809. The molecule has 1 aliphatic heterocycles. The second kappa shape index (κ2) is 8.84. The van der Waals surface area contributed by atoms with Crippen LogP contribution >= 0.6 is 12.0 Å². The molecule has 2 N–H and O–H groups in total. The minimum atomic E-state index is -4.57. The summed E-state index contributed by atoms with van der Waals surface area (Å²) in [5.41, 5.74) is -0.599. The fourth-order valence-electron chi connectivity index (χ4n) is 2.81. The quantitative estimate of drug-likeness (QED) is 0.417. The number of aromatic nitrogens is 1. The maximum atomic E-state index is 13.0. The van der Waals surface area contributed by atoms with Crippen LogP contribution in [0.4, 0.5) is 23.2 Å². The Bertz CT molecular complexity index is 976. The highest BCUT2D eigenvalue weighted by molar-refractivity contribution is 7.98. The monoisotopic (exact) mass is 441 g/mol. The third-order valence-corrected chi connectivity index (χ3v) is 4.93. The molecule has 0 saturated carbocycles. The van der Waals surface area contributed by atoms with Crippen molar-refractivity contribution in [2.75, 3.05) is 12.4 Å². The molecule has 1 aliphatic rings. The van der Waals surface area contributed by atoms with E-state index in [9.17, 15) is 27.2 Å². The number of carbonyl (C=O) groups is 2. The molecule has 2 amide bonds. The number of rotatable bonds is 5. The highest BCUT2D eigenvalue weighted by Gasteiger charge is 2.35. The van der Waals surface area contributed by atoms with Gasteiger partial charge in [-0.15, -0.1) is 0 Å². The van der Waals surface area contributed by atoms with E-state index in [2.05, 4.69) is 15.6 Å². The molecule has 1 atom stereocenters. The number of hydrogen-bond donors (Lipinski definition) is 2. The normalized spacial score (nSPS) is 17.0. The molecular weight excluding hydrogens is 426 g/mol. The molecule has 158 valence electrons. The van der Waals surface area contributed by atoms with Crippen molar-refractivity contribution in [2.24, 2.45) is 0 Å². The molecule has 1 aromatic heterocycles. The summed E-state index contributed by atoms with van der Waals surface area (Å²) in [4.78, 5) is 28.9. The van der Waals surface area contributed by atoms with Gasteiger partial charge in [0.25, 0.3) is 11.8 Å². The lowest BCUT2D eigenvalue weighted by Crippen LogP contribution is -2.38. The molecule has 1 unspecified atom stereocenters. The Morgan fingerprint density at radius 3 is 2.50 bits per heavy atom. The summed E-state index contributed by atoms with van der Waals surface area (Å²) in [5.74, 6) is -1.92. The average molecular weight is 441 g/mol. The zero-order valence-electron chi connectivity index (χ0n) is 15.4. The Morgan fingerprint density at radius 1 is 1.23 bits per heavy atom. The Balaban J connectivity index is 1.84. The molecule has 0 radical (unpaired) electrons. The van der Waals surface area contributed by atoms with Crippen molar-refractivity contribution in [3.05, 3.63) is 70.1 Å². The largest absolute Gasteiger partial charge is 0.433 e. The van der Waals surface area contributed by atoms with Gasteiger partial charge in [-0.1, -0.05) is 6.07 Å². The number of pyridine rings is 1. The van der Waals surface area contributed by atoms with Crippen LogP contribution in [0.2, 0.25) is 0 Å². The third-order valence-electron chi connectivity index (χ3n) is 4.19. The van der Waals surface area contributed by atoms with Gasteiger partial charge in [-0.2, -0.15) is 13.2 Å². The van der Waals surface area contributed by atoms with Gasteiger partial charge in [-0.3, -0.25) is 14.6 Å². The minimum Gasteiger partial charge on any atom is -0.345 e.